The minimum atomic E-state index is -4.34. The lowest BCUT2D eigenvalue weighted by molar-refractivity contribution is -0.161. The average molecular weight is 478 g/mol. The Morgan fingerprint density at radius 3 is 2.55 bits per heavy atom. The number of carbonyl (C=O) groups is 4. The van der Waals surface area contributed by atoms with Gasteiger partial charge < -0.3 is 21.0 Å². The van der Waals surface area contributed by atoms with E-state index in [0.29, 0.717) is 4.90 Å². The Kier molecular flexibility index (Phi) is 6.79. The van der Waals surface area contributed by atoms with Crippen molar-refractivity contribution in [1.82, 2.24) is 24.8 Å². The number of β-lactam (4-membered cyclic amide) rings is 1. The Balaban J connectivity index is 2.12. The number of carboxylic acids is 1. The molecule has 18 heteroatoms. The second-order valence-corrected chi connectivity index (χ2v) is 8.76. The molecule has 0 radical (unpaired) electrons. The van der Waals surface area contributed by atoms with Crippen LogP contribution >= 0.6 is 11.3 Å². The lowest BCUT2D eigenvalue weighted by Gasteiger charge is -2.36. The van der Waals surface area contributed by atoms with Gasteiger partial charge in [-0.1, -0.05) is 5.16 Å². The van der Waals surface area contributed by atoms with Gasteiger partial charge in [0.15, 0.2) is 10.8 Å². The van der Waals surface area contributed by atoms with Crippen molar-refractivity contribution in [3.05, 3.63) is 11.1 Å². The number of oxime groups is 1. The van der Waals surface area contributed by atoms with E-state index in [1.807, 2.05) is 0 Å². The van der Waals surface area contributed by atoms with Gasteiger partial charge in [0.25, 0.3) is 11.8 Å². The first-order chi connectivity index (χ1) is 14.3. The van der Waals surface area contributed by atoms with Gasteiger partial charge >= 0.3 is 22.2 Å². The Morgan fingerprint density at radius 1 is 1.42 bits per heavy atom. The van der Waals surface area contributed by atoms with Gasteiger partial charge in [-0.3, -0.25) is 20.3 Å². The van der Waals surface area contributed by atoms with Gasteiger partial charge in [-0.2, -0.15) is 8.42 Å². The number of hydrogen-bond acceptors (Lipinski definition) is 12. The van der Waals surface area contributed by atoms with Gasteiger partial charge in [0.05, 0.1) is 6.54 Å². The highest BCUT2D eigenvalue weighted by Crippen LogP contribution is 2.16. The Morgan fingerprint density at radius 2 is 2.06 bits per heavy atom. The fourth-order valence-corrected chi connectivity index (χ4v) is 2.89. The van der Waals surface area contributed by atoms with E-state index in [-0.39, 0.29) is 17.4 Å². The molecule has 170 valence electrons. The zero-order valence-corrected chi connectivity index (χ0v) is 17.6. The lowest BCUT2D eigenvalue weighted by atomic mass is 10.1. The minimum Gasteiger partial charge on any atom is -0.478 e. The zero-order chi connectivity index (χ0) is 23.6. The van der Waals surface area contributed by atoms with Crippen LogP contribution in [0.25, 0.3) is 0 Å². The molecule has 2 rings (SSSR count). The number of hydrogen-bond donors (Lipinski definition) is 6. The molecule has 1 fully saturated rings. The van der Waals surface area contributed by atoms with Gasteiger partial charge in [0, 0.05) is 5.38 Å². The highest BCUT2D eigenvalue weighted by Gasteiger charge is 2.43. The Labute approximate surface area is 178 Å². The first-order valence-corrected chi connectivity index (χ1v) is 10.5. The third kappa shape index (κ3) is 5.63. The maximum Gasteiger partial charge on any atom is 0.350 e. The second kappa shape index (κ2) is 8.79. The van der Waals surface area contributed by atoms with Crippen LogP contribution < -0.4 is 26.4 Å². The average Bonchev–Trinajstić information content (AvgIpc) is 3.09. The van der Waals surface area contributed by atoms with Crippen molar-refractivity contribution >= 4 is 56.2 Å². The monoisotopic (exact) mass is 478 g/mol. The number of nitrogens with zero attached hydrogens (tertiary/aromatic N) is 3. The number of likely N-dealkylation sites (tertiary alicyclic amines) is 1. The maximum atomic E-state index is 12.6. The first kappa shape index (κ1) is 23.9. The Hall–Kier alpha value is -3.35. The van der Waals surface area contributed by atoms with Crippen molar-refractivity contribution < 1.29 is 37.5 Å². The van der Waals surface area contributed by atoms with E-state index in [0.717, 1.165) is 11.3 Å². The number of aliphatic carboxylic acids is 1. The number of nitrogens with one attached hydrogen (secondary N) is 3. The molecule has 1 aliphatic heterocycles. The van der Waals surface area contributed by atoms with Crippen molar-refractivity contribution in [2.24, 2.45) is 11.0 Å². The summed E-state index contributed by atoms with van der Waals surface area (Å²) in [6.07, 6.45) is 0. The van der Waals surface area contributed by atoms with E-state index in [1.54, 1.807) is 0 Å². The summed E-state index contributed by atoms with van der Waals surface area (Å²) in [5, 5.41) is 16.4. The predicted octanol–water partition coefficient (Wildman–Crippen LogP) is -2.95. The topological polar surface area (TPSA) is 248 Å². The molecule has 31 heavy (non-hydrogen) atoms. The summed E-state index contributed by atoms with van der Waals surface area (Å²) >= 11 is 0.973. The van der Waals surface area contributed by atoms with E-state index >= 15 is 0 Å². The zero-order valence-electron chi connectivity index (χ0n) is 16.0. The van der Waals surface area contributed by atoms with Crippen LogP contribution in [0.1, 0.15) is 19.5 Å². The van der Waals surface area contributed by atoms with E-state index in [1.165, 1.54) is 28.8 Å². The van der Waals surface area contributed by atoms with Gasteiger partial charge in [-0.05, 0) is 13.8 Å². The highest BCUT2D eigenvalue weighted by molar-refractivity contribution is 7.88. The number of amides is 4. The molecule has 4 amide bonds. The molecular weight excluding hydrogens is 460 g/mol. The molecule has 1 aromatic heterocycles. The van der Waals surface area contributed by atoms with Crippen LogP contribution in [-0.4, -0.2) is 71.1 Å². The number of nitrogen functional groups attached to an aromatic ring is 1. The lowest BCUT2D eigenvalue weighted by Crippen LogP contribution is -2.68. The highest BCUT2D eigenvalue weighted by atomic mass is 32.2. The summed E-state index contributed by atoms with van der Waals surface area (Å²) in [5.74, 6) is 1.48. The number of urea groups is 1. The van der Waals surface area contributed by atoms with Crippen LogP contribution in [0.5, 0.6) is 0 Å². The molecule has 1 aromatic rings. The van der Waals surface area contributed by atoms with Gasteiger partial charge in [-0.15, -0.1) is 16.2 Å². The standard InChI is InChI=1S/C13H18N8O8S2/c1-13(2,10(24)25)29-18-7(6-4-30-11(14)17-6)8(22)16-5-3-21(9(5)23)12(26)19-31(27,28)20-15/h4-5,20H,3,15H2,1-2H3,(H2,14,17)(H,16,22)(H,19,26)(H,24,25)/b18-7-. The number of aromatic nitrogens is 1. The third-order valence-electron chi connectivity index (χ3n) is 3.72. The number of thiazole rings is 1. The molecule has 0 aromatic carbocycles. The van der Waals surface area contributed by atoms with Crippen LogP contribution in [0, 0.1) is 0 Å². The number of nitrogens with two attached hydrogens (primary N) is 2. The maximum absolute atomic E-state index is 12.6. The van der Waals surface area contributed by atoms with Crippen LogP contribution in [-0.2, 0) is 29.4 Å². The van der Waals surface area contributed by atoms with E-state index in [9.17, 15) is 27.6 Å². The summed E-state index contributed by atoms with van der Waals surface area (Å²) in [6, 6.07) is -2.47. The van der Waals surface area contributed by atoms with Crippen LogP contribution in [0.3, 0.4) is 0 Å². The predicted molar refractivity (Wildman–Crippen MR) is 104 cm³/mol. The molecule has 16 nitrogen and oxygen atoms in total. The Bertz CT molecular complexity index is 1050. The number of rotatable bonds is 8. The third-order valence-corrected chi connectivity index (χ3v) is 5.14. The second-order valence-electron chi connectivity index (χ2n) is 6.42. The minimum absolute atomic E-state index is 0.0392. The number of hydrazine groups is 1. The molecule has 8 N–H and O–H groups in total. The number of imide groups is 1. The van der Waals surface area contributed by atoms with Crippen LogP contribution in [0.2, 0.25) is 0 Å². The summed E-state index contributed by atoms with van der Waals surface area (Å²) < 4.78 is 23.9. The largest absolute Gasteiger partial charge is 0.478 e. The smallest absolute Gasteiger partial charge is 0.350 e. The number of anilines is 1. The summed E-state index contributed by atoms with van der Waals surface area (Å²) in [7, 11) is -4.34. The molecule has 0 bridgehead atoms. The molecule has 1 saturated heterocycles. The normalized spacial score (nSPS) is 17.0. The first-order valence-electron chi connectivity index (χ1n) is 8.14. The van der Waals surface area contributed by atoms with Crippen molar-refractivity contribution in [2.75, 3.05) is 12.3 Å². The summed E-state index contributed by atoms with van der Waals surface area (Å²) in [6.45, 7) is 2.03. The van der Waals surface area contributed by atoms with Crippen molar-refractivity contribution in [3.8, 4) is 0 Å². The van der Waals surface area contributed by atoms with E-state index < -0.39 is 51.4 Å². The SMILES string of the molecule is CC(C)(O/N=C(\C(=O)NC1CN(C(=O)NS(=O)(=O)NN)C1=O)c1csc(N)n1)C(=O)O. The molecule has 2 heterocycles. The fourth-order valence-electron chi connectivity index (χ4n) is 1.94. The van der Waals surface area contributed by atoms with Crippen LogP contribution in [0.4, 0.5) is 9.93 Å². The molecule has 0 saturated carbocycles. The van der Waals surface area contributed by atoms with Crippen molar-refractivity contribution in [3.63, 3.8) is 0 Å². The fraction of sp³-hybridized carbons (Fsp3) is 0.385. The van der Waals surface area contributed by atoms with Crippen LogP contribution in [0.15, 0.2) is 10.5 Å². The van der Waals surface area contributed by atoms with Crippen molar-refractivity contribution in [2.45, 2.75) is 25.5 Å². The number of carboxylic acid groups (broad SMARTS) is 1. The summed E-state index contributed by atoms with van der Waals surface area (Å²) in [4.78, 5) is 58.3. The van der Waals surface area contributed by atoms with Gasteiger partial charge in [0.1, 0.15) is 11.7 Å². The molecule has 1 aliphatic rings. The molecule has 0 spiro atoms. The molecule has 1 atom stereocenters. The van der Waals surface area contributed by atoms with E-state index in [4.69, 9.17) is 21.5 Å². The van der Waals surface area contributed by atoms with Gasteiger partial charge in [0.2, 0.25) is 5.60 Å². The molecule has 1 unspecified atom stereocenters. The molecular formula is C13H18N8O8S2. The number of carbonyl (C=O) groups excluding carboxylic acids is 3. The quantitative estimate of drug-likeness (QED) is 0.0953. The molecule has 0 aliphatic carbocycles. The van der Waals surface area contributed by atoms with E-state index in [2.05, 4.69) is 15.5 Å². The van der Waals surface area contributed by atoms with Gasteiger partial charge in [-0.25, -0.2) is 19.3 Å². The summed E-state index contributed by atoms with van der Waals surface area (Å²) in [5.41, 5.74) is 3.25. The van der Waals surface area contributed by atoms with Crippen molar-refractivity contribution in [1.29, 1.82) is 0 Å².